The Morgan fingerprint density at radius 3 is 2.68 bits per heavy atom. The summed E-state index contributed by atoms with van der Waals surface area (Å²) in [7, 11) is 0. The molecule has 0 fully saturated rings. The number of carbonyl (C=O) groups excluding carboxylic acids is 1. The molecule has 4 aromatic rings. The molecule has 5 nitrogen and oxygen atoms in total. The zero-order chi connectivity index (χ0) is 22.0. The predicted octanol–water partition coefficient (Wildman–Crippen LogP) is 6.35. The Morgan fingerprint density at radius 2 is 1.87 bits per heavy atom. The fourth-order valence-electron chi connectivity index (χ4n) is 2.94. The van der Waals surface area contributed by atoms with Gasteiger partial charge in [0.2, 0.25) is 0 Å². The number of phenolic OH excluding ortho intramolecular Hbond substituents is 1. The van der Waals surface area contributed by atoms with Crippen molar-refractivity contribution in [2.24, 2.45) is 0 Å². The molecule has 31 heavy (non-hydrogen) atoms. The zero-order valence-corrected chi connectivity index (χ0v) is 18.2. The van der Waals surface area contributed by atoms with Gasteiger partial charge in [0.05, 0.1) is 10.6 Å². The number of halogens is 2. The van der Waals surface area contributed by atoms with Gasteiger partial charge < -0.3 is 14.8 Å². The van der Waals surface area contributed by atoms with Crippen LogP contribution >= 0.6 is 35.0 Å². The van der Waals surface area contributed by atoms with Gasteiger partial charge in [-0.25, -0.2) is 4.79 Å². The molecule has 1 amide bonds. The Bertz CT molecular complexity index is 1350. The highest BCUT2D eigenvalue weighted by Crippen LogP contribution is 2.27. The first-order chi connectivity index (χ1) is 14.9. The van der Waals surface area contributed by atoms with E-state index in [0.717, 1.165) is 10.3 Å². The van der Waals surface area contributed by atoms with E-state index in [2.05, 4.69) is 5.32 Å². The van der Waals surface area contributed by atoms with Gasteiger partial charge in [-0.05, 0) is 54.6 Å². The lowest BCUT2D eigenvalue weighted by atomic mass is 10.2. The lowest BCUT2D eigenvalue weighted by Crippen LogP contribution is -2.12. The molecule has 4 rings (SSSR count). The first-order valence-electron chi connectivity index (χ1n) is 9.14. The number of phenols is 1. The summed E-state index contributed by atoms with van der Waals surface area (Å²) in [6.07, 6.45) is 0. The molecule has 0 radical (unpaired) electrons. The molecule has 0 atom stereocenters. The minimum Gasteiger partial charge on any atom is -0.508 e. The Labute approximate surface area is 191 Å². The van der Waals surface area contributed by atoms with Crippen molar-refractivity contribution in [3.05, 3.63) is 98.3 Å². The number of aromatic hydroxyl groups is 1. The van der Waals surface area contributed by atoms with Crippen LogP contribution in [0.4, 0.5) is 5.69 Å². The summed E-state index contributed by atoms with van der Waals surface area (Å²) in [5, 5.41) is 13.8. The smallest absolute Gasteiger partial charge is 0.340 e. The summed E-state index contributed by atoms with van der Waals surface area (Å²) in [4.78, 5) is 25.6. The molecule has 0 spiro atoms. The van der Waals surface area contributed by atoms with E-state index in [-0.39, 0.29) is 16.7 Å². The second-order valence-corrected chi connectivity index (χ2v) is 8.57. The number of carbonyl (C=O) groups is 1. The average molecular weight is 472 g/mol. The van der Waals surface area contributed by atoms with Gasteiger partial charge in [0.1, 0.15) is 11.3 Å². The quantitative estimate of drug-likeness (QED) is 0.261. The third kappa shape index (κ3) is 5.05. The van der Waals surface area contributed by atoms with E-state index in [9.17, 15) is 14.7 Å². The van der Waals surface area contributed by atoms with Gasteiger partial charge in [-0.1, -0.05) is 29.3 Å². The minimum atomic E-state index is -0.451. The number of thioether (sulfide) groups is 1. The average Bonchev–Trinajstić information content (AvgIpc) is 2.72. The van der Waals surface area contributed by atoms with Crippen LogP contribution in [0, 0.1) is 0 Å². The second kappa shape index (κ2) is 9.06. The van der Waals surface area contributed by atoms with Crippen molar-refractivity contribution in [3.8, 4) is 5.75 Å². The van der Waals surface area contributed by atoms with Crippen LogP contribution in [-0.2, 0) is 5.75 Å². The van der Waals surface area contributed by atoms with Crippen LogP contribution in [0.25, 0.3) is 11.0 Å². The SMILES string of the molecule is O=C(Nc1cccc(SCc2cc3ccc(O)cc3oc2=O)c1)c1ccc(Cl)cc1Cl. The van der Waals surface area contributed by atoms with Gasteiger partial charge in [-0.2, -0.15) is 0 Å². The molecular weight excluding hydrogens is 457 g/mol. The molecule has 0 bridgehead atoms. The molecule has 8 heteroatoms. The molecule has 3 aromatic carbocycles. The van der Waals surface area contributed by atoms with Crippen LogP contribution in [0.3, 0.4) is 0 Å². The Morgan fingerprint density at radius 1 is 1.03 bits per heavy atom. The van der Waals surface area contributed by atoms with Crippen LogP contribution in [0.2, 0.25) is 10.0 Å². The van der Waals surface area contributed by atoms with Crippen molar-refractivity contribution in [1.29, 1.82) is 0 Å². The summed E-state index contributed by atoms with van der Waals surface area (Å²) < 4.78 is 5.30. The molecule has 0 unspecified atom stereocenters. The lowest BCUT2D eigenvalue weighted by Gasteiger charge is -2.09. The van der Waals surface area contributed by atoms with E-state index in [1.54, 1.807) is 36.4 Å². The van der Waals surface area contributed by atoms with Gasteiger partial charge >= 0.3 is 5.63 Å². The Kier molecular flexibility index (Phi) is 6.23. The lowest BCUT2D eigenvalue weighted by molar-refractivity contribution is 0.102. The normalized spacial score (nSPS) is 10.9. The van der Waals surface area contributed by atoms with Gasteiger partial charge in [0.25, 0.3) is 5.91 Å². The second-order valence-electron chi connectivity index (χ2n) is 6.68. The number of amides is 1. The summed E-state index contributed by atoms with van der Waals surface area (Å²) >= 11 is 13.4. The highest BCUT2D eigenvalue weighted by Gasteiger charge is 2.12. The molecular formula is C23H15Cl2NO4S. The van der Waals surface area contributed by atoms with Crippen molar-refractivity contribution in [3.63, 3.8) is 0 Å². The summed E-state index contributed by atoms with van der Waals surface area (Å²) in [5.41, 5.74) is 1.31. The molecule has 156 valence electrons. The van der Waals surface area contributed by atoms with Gasteiger partial charge in [-0.3, -0.25) is 4.79 Å². The van der Waals surface area contributed by atoms with E-state index in [0.29, 0.717) is 33.2 Å². The number of benzene rings is 3. The largest absolute Gasteiger partial charge is 0.508 e. The summed E-state index contributed by atoms with van der Waals surface area (Å²) in [5.74, 6) is 0.0818. The van der Waals surface area contributed by atoms with E-state index in [4.69, 9.17) is 27.6 Å². The third-order valence-electron chi connectivity index (χ3n) is 4.45. The van der Waals surface area contributed by atoms with Crippen molar-refractivity contribution in [2.45, 2.75) is 10.6 Å². The predicted molar refractivity (Wildman–Crippen MR) is 125 cm³/mol. The minimum absolute atomic E-state index is 0.0384. The molecule has 0 aliphatic rings. The van der Waals surface area contributed by atoms with Crippen LogP contribution < -0.4 is 10.9 Å². The number of fused-ring (bicyclic) bond motifs is 1. The van der Waals surface area contributed by atoms with Gasteiger partial charge in [-0.15, -0.1) is 11.8 Å². The third-order valence-corrected chi connectivity index (χ3v) is 6.04. The van der Waals surface area contributed by atoms with Crippen LogP contribution in [0.15, 0.2) is 80.8 Å². The van der Waals surface area contributed by atoms with Gasteiger partial charge in [0.15, 0.2) is 0 Å². The van der Waals surface area contributed by atoms with E-state index in [1.807, 2.05) is 18.2 Å². The maximum Gasteiger partial charge on any atom is 0.340 e. The first-order valence-corrected chi connectivity index (χ1v) is 10.9. The molecule has 0 saturated carbocycles. The standard InChI is InChI=1S/C23H15Cl2NO4S/c24-15-5-7-19(20(25)9-15)22(28)26-16-2-1-3-18(10-16)31-12-14-8-13-4-6-17(27)11-21(13)30-23(14)29/h1-11,27H,12H2,(H,26,28). The topological polar surface area (TPSA) is 79.5 Å². The van der Waals surface area contributed by atoms with Crippen LogP contribution in [0.1, 0.15) is 15.9 Å². The van der Waals surface area contributed by atoms with Crippen molar-refractivity contribution >= 4 is 57.5 Å². The molecule has 0 aliphatic carbocycles. The fourth-order valence-corrected chi connectivity index (χ4v) is 4.34. The van der Waals surface area contributed by atoms with E-state index < -0.39 is 5.63 Å². The molecule has 1 heterocycles. The monoisotopic (exact) mass is 471 g/mol. The Hall–Kier alpha value is -2.93. The van der Waals surface area contributed by atoms with Crippen molar-refractivity contribution < 1.29 is 14.3 Å². The fraction of sp³-hybridized carbons (Fsp3) is 0.0435. The number of rotatable bonds is 5. The molecule has 0 aliphatic heterocycles. The summed E-state index contributed by atoms with van der Waals surface area (Å²) in [6, 6.07) is 18.4. The van der Waals surface area contributed by atoms with Crippen LogP contribution in [-0.4, -0.2) is 11.0 Å². The maximum absolute atomic E-state index is 12.5. The van der Waals surface area contributed by atoms with Crippen molar-refractivity contribution in [2.75, 3.05) is 5.32 Å². The van der Waals surface area contributed by atoms with E-state index in [1.165, 1.54) is 23.9 Å². The number of nitrogens with one attached hydrogen (secondary N) is 1. The molecule has 1 aromatic heterocycles. The maximum atomic E-state index is 12.5. The summed E-state index contributed by atoms with van der Waals surface area (Å²) in [6.45, 7) is 0. The van der Waals surface area contributed by atoms with Crippen LogP contribution in [0.5, 0.6) is 5.75 Å². The highest BCUT2D eigenvalue weighted by atomic mass is 35.5. The first kappa shape index (κ1) is 21.3. The van der Waals surface area contributed by atoms with Gasteiger partial charge in [0, 0.05) is 38.4 Å². The number of hydrogen-bond donors (Lipinski definition) is 2. The Balaban J connectivity index is 1.48. The zero-order valence-electron chi connectivity index (χ0n) is 15.9. The molecule has 0 saturated heterocycles. The van der Waals surface area contributed by atoms with E-state index >= 15 is 0 Å². The number of anilines is 1. The molecule has 2 N–H and O–H groups in total. The van der Waals surface area contributed by atoms with Crippen molar-refractivity contribution in [1.82, 2.24) is 0 Å². The highest BCUT2D eigenvalue weighted by molar-refractivity contribution is 7.98. The number of hydrogen-bond acceptors (Lipinski definition) is 5.